The molecule has 1 atom stereocenters. The third kappa shape index (κ3) is 5.69. The number of rotatable bonds is 7. The molecule has 2 heterocycles. The maximum atomic E-state index is 13.1. The summed E-state index contributed by atoms with van der Waals surface area (Å²) in [5.74, 6) is -0.0318. The van der Waals surface area contributed by atoms with Crippen molar-refractivity contribution in [2.75, 3.05) is 11.9 Å². The van der Waals surface area contributed by atoms with E-state index in [2.05, 4.69) is 22.5 Å². The molecule has 4 rings (SSSR count). The number of aryl methyl sites for hydroxylation is 3. The highest BCUT2D eigenvalue weighted by molar-refractivity contribution is 5.97. The molecule has 33 heavy (non-hydrogen) atoms. The van der Waals surface area contributed by atoms with Crippen molar-refractivity contribution in [3.05, 3.63) is 77.6 Å². The Balaban J connectivity index is 1.35. The predicted octanol–water partition coefficient (Wildman–Crippen LogP) is 4.83. The van der Waals surface area contributed by atoms with E-state index in [0.29, 0.717) is 19.4 Å². The van der Waals surface area contributed by atoms with Gasteiger partial charge in [-0.3, -0.25) is 9.59 Å². The standard InChI is InChI=1S/C27H32N4O2/c1-20-19-21(2)31(29-20)24-16-14-23(15-17-24)28-27(33)25-12-6-7-18-30(25)26(32)13-8-11-22-9-4-3-5-10-22/h3-5,9-10,14-17,19,25H,6-8,11-13,18H2,1-2H3,(H,28,33)/t25-/m1/s1. The van der Waals surface area contributed by atoms with Gasteiger partial charge in [-0.25, -0.2) is 4.68 Å². The molecule has 0 spiro atoms. The molecule has 0 radical (unpaired) electrons. The van der Waals surface area contributed by atoms with Crippen LogP contribution in [-0.2, 0) is 16.0 Å². The molecule has 0 bridgehead atoms. The average molecular weight is 445 g/mol. The number of anilines is 1. The van der Waals surface area contributed by atoms with E-state index in [1.165, 1.54) is 5.56 Å². The number of carbonyl (C=O) groups excluding carboxylic acids is 2. The second-order valence-electron chi connectivity index (χ2n) is 8.81. The summed E-state index contributed by atoms with van der Waals surface area (Å²) in [5, 5.41) is 7.52. The monoisotopic (exact) mass is 444 g/mol. The molecule has 2 aromatic carbocycles. The third-order valence-corrected chi connectivity index (χ3v) is 6.21. The van der Waals surface area contributed by atoms with Crippen LogP contribution in [0.1, 0.15) is 49.1 Å². The van der Waals surface area contributed by atoms with Gasteiger partial charge < -0.3 is 10.2 Å². The van der Waals surface area contributed by atoms with Crippen LogP contribution in [0.5, 0.6) is 0 Å². The van der Waals surface area contributed by atoms with Crippen LogP contribution >= 0.6 is 0 Å². The first-order valence-electron chi connectivity index (χ1n) is 11.8. The summed E-state index contributed by atoms with van der Waals surface area (Å²) in [4.78, 5) is 27.8. The maximum Gasteiger partial charge on any atom is 0.247 e. The molecule has 1 fully saturated rings. The Bertz CT molecular complexity index is 1090. The minimum atomic E-state index is -0.404. The lowest BCUT2D eigenvalue weighted by Gasteiger charge is -2.35. The van der Waals surface area contributed by atoms with Gasteiger partial charge in [-0.05, 0) is 81.8 Å². The van der Waals surface area contributed by atoms with E-state index in [9.17, 15) is 9.59 Å². The van der Waals surface area contributed by atoms with Gasteiger partial charge in [0, 0.05) is 24.3 Å². The molecule has 1 saturated heterocycles. The lowest BCUT2D eigenvalue weighted by atomic mass is 10.00. The Morgan fingerprint density at radius 2 is 1.79 bits per heavy atom. The molecule has 6 heteroatoms. The number of aromatic nitrogens is 2. The summed E-state index contributed by atoms with van der Waals surface area (Å²) in [7, 11) is 0. The second-order valence-corrected chi connectivity index (χ2v) is 8.81. The van der Waals surface area contributed by atoms with E-state index >= 15 is 0 Å². The minimum absolute atomic E-state index is 0.0747. The topological polar surface area (TPSA) is 67.2 Å². The zero-order chi connectivity index (χ0) is 23.2. The van der Waals surface area contributed by atoms with Gasteiger partial charge in [0.15, 0.2) is 0 Å². The number of amides is 2. The van der Waals surface area contributed by atoms with Crippen molar-refractivity contribution < 1.29 is 9.59 Å². The Hall–Kier alpha value is -3.41. The fraction of sp³-hybridized carbons (Fsp3) is 0.370. The fourth-order valence-electron chi connectivity index (χ4n) is 4.54. The van der Waals surface area contributed by atoms with Crippen molar-refractivity contribution in [1.82, 2.24) is 14.7 Å². The van der Waals surface area contributed by atoms with E-state index in [1.54, 1.807) is 4.90 Å². The van der Waals surface area contributed by atoms with Crippen molar-refractivity contribution in [3.8, 4) is 5.69 Å². The molecule has 2 amide bonds. The van der Waals surface area contributed by atoms with Gasteiger partial charge in [-0.15, -0.1) is 0 Å². The maximum absolute atomic E-state index is 13.1. The van der Waals surface area contributed by atoms with Crippen LogP contribution in [0.3, 0.4) is 0 Å². The van der Waals surface area contributed by atoms with Crippen LogP contribution in [0.4, 0.5) is 5.69 Å². The first kappa shape index (κ1) is 22.8. The normalized spacial score (nSPS) is 15.9. The van der Waals surface area contributed by atoms with Crippen LogP contribution in [-0.4, -0.2) is 39.1 Å². The summed E-state index contributed by atoms with van der Waals surface area (Å²) in [6, 6.07) is 19.5. The summed E-state index contributed by atoms with van der Waals surface area (Å²) in [6.45, 7) is 4.64. The van der Waals surface area contributed by atoms with Gasteiger partial charge in [-0.2, -0.15) is 5.10 Å². The number of piperidine rings is 1. The largest absolute Gasteiger partial charge is 0.331 e. The Labute approximate surface area is 195 Å². The van der Waals surface area contributed by atoms with E-state index in [1.807, 2.05) is 67.1 Å². The first-order chi connectivity index (χ1) is 16.0. The van der Waals surface area contributed by atoms with Gasteiger partial charge >= 0.3 is 0 Å². The number of hydrogen-bond donors (Lipinski definition) is 1. The smallest absolute Gasteiger partial charge is 0.247 e. The highest BCUT2D eigenvalue weighted by atomic mass is 16.2. The number of likely N-dealkylation sites (tertiary alicyclic amines) is 1. The van der Waals surface area contributed by atoms with Crippen LogP contribution in [0, 0.1) is 13.8 Å². The van der Waals surface area contributed by atoms with Crippen LogP contribution in [0.15, 0.2) is 60.7 Å². The summed E-state index contributed by atoms with van der Waals surface area (Å²) >= 11 is 0. The molecule has 172 valence electrons. The first-order valence-corrected chi connectivity index (χ1v) is 11.8. The van der Waals surface area contributed by atoms with Crippen LogP contribution < -0.4 is 5.32 Å². The number of nitrogens with zero attached hydrogens (tertiary/aromatic N) is 3. The van der Waals surface area contributed by atoms with Gasteiger partial charge in [-0.1, -0.05) is 30.3 Å². The van der Waals surface area contributed by atoms with Crippen molar-refractivity contribution >= 4 is 17.5 Å². The zero-order valence-electron chi connectivity index (χ0n) is 19.5. The fourth-order valence-corrected chi connectivity index (χ4v) is 4.54. The molecule has 1 aromatic heterocycles. The quantitative estimate of drug-likeness (QED) is 0.567. The number of benzene rings is 2. The highest BCUT2D eigenvalue weighted by Gasteiger charge is 2.31. The van der Waals surface area contributed by atoms with Gasteiger partial charge in [0.05, 0.1) is 11.4 Å². The number of carbonyl (C=O) groups is 2. The molecule has 0 aliphatic carbocycles. The van der Waals surface area contributed by atoms with Gasteiger partial charge in [0.1, 0.15) is 6.04 Å². The predicted molar refractivity (Wildman–Crippen MR) is 130 cm³/mol. The van der Waals surface area contributed by atoms with Crippen molar-refractivity contribution in [2.24, 2.45) is 0 Å². The molecular formula is C27H32N4O2. The Kier molecular flexibility index (Phi) is 7.23. The lowest BCUT2D eigenvalue weighted by Crippen LogP contribution is -2.50. The van der Waals surface area contributed by atoms with Gasteiger partial charge in [0.2, 0.25) is 11.8 Å². The zero-order valence-corrected chi connectivity index (χ0v) is 19.5. The summed E-state index contributed by atoms with van der Waals surface area (Å²) in [5.41, 5.74) is 4.95. The Morgan fingerprint density at radius 1 is 1.03 bits per heavy atom. The van der Waals surface area contributed by atoms with E-state index < -0.39 is 6.04 Å². The molecular weight excluding hydrogens is 412 g/mol. The molecule has 6 nitrogen and oxygen atoms in total. The highest BCUT2D eigenvalue weighted by Crippen LogP contribution is 2.22. The number of hydrogen-bond acceptors (Lipinski definition) is 3. The van der Waals surface area contributed by atoms with Crippen molar-refractivity contribution in [3.63, 3.8) is 0 Å². The SMILES string of the molecule is Cc1cc(C)n(-c2ccc(NC(=O)[C@H]3CCCCN3C(=O)CCCc3ccccc3)cc2)n1. The molecule has 3 aromatic rings. The third-order valence-electron chi connectivity index (χ3n) is 6.21. The van der Waals surface area contributed by atoms with Crippen molar-refractivity contribution in [2.45, 2.75) is 58.4 Å². The molecule has 1 aliphatic heterocycles. The summed E-state index contributed by atoms with van der Waals surface area (Å²) < 4.78 is 1.89. The second kappa shape index (κ2) is 10.5. The van der Waals surface area contributed by atoms with E-state index in [0.717, 1.165) is 48.4 Å². The average Bonchev–Trinajstić information content (AvgIpc) is 3.18. The molecule has 1 aliphatic rings. The number of nitrogens with one attached hydrogen (secondary N) is 1. The van der Waals surface area contributed by atoms with Crippen LogP contribution in [0.25, 0.3) is 5.69 Å². The minimum Gasteiger partial charge on any atom is -0.331 e. The van der Waals surface area contributed by atoms with Gasteiger partial charge in [0.25, 0.3) is 0 Å². The molecule has 1 N–H and O–H groups in total. The molecule has 0 saturated carbocycles. The van der Waals surface area contributed by atoms with E-state index in [-0.39, 0.29) is 11.8 Å². The van der Waals surface area contributed by atoms with Crippen LogP contribution in [0.2, 0.25) is 0 Å². The molecule has 0 unspecified atom stereocenters. The lowest BCUT2D eigenvalue weighted by molar-refractivity contribution is -0.140. The Morgan fingerprint density at radius 3 is 2.48 bits per heavy atom. The summed E-state index contributed by atoms with van der Waals surface area (Å²) in [6.07, 6.45) is 4.75. The van der Waals surface area contributed by atoms with Crippen molar-refractivity contribution in [1.29, 1.82) is 0 Å². The van der Waals surface area contributed by atoms with E-state index in [4.69, 9.17) is 0 Å².